The Bertz CT molecular complexity index is 823. The molecule has 1 aliphatic carbocycles. The highest BCUT2D eigenvalue weighted by Gasteiger charge is 2.24. The lowest BCUT2D eigenvalue weighted by Crippen LogP contribution is -2.05. The number of hydrogen-bond acceptors (Lipinski definition) is 3. The number of carbonyl (C=O) groups is 2. The zero-order valence-corrected chi connectivity index (χ0v) is 12.7. The second-order valence-electron chi connectivity index (χ2n) is 5.80. The van der Waals surface area contributed by atoms with Crippen LogP contribution in [0.1, 0.15) is 43.8 Å². The van der Waals surface area contributed by atoms with Crippen molar-refractivity contribution in [1.82, 2.24) is 0 Å². The Kier molecular flexibility index (Phi) is 3.08. The first-order valence-electron chi connectivity index (χ1n) is 7.35. The molecule has 1 aliphatic heterocycles. The maximum Gasteiger partial charge on any atom is 0.335 e. The highest BCUT2D eigenvalue weighted by molar-refractivity contribution is 7.99. The summed E-state index contributed by atoms with van der Waals surface area (Å²) in [5, 5.41) is 9.15. The highest BCUT2D eigenvalue weighted by Crippen LogP contribution is 2.40. The van der Waals surface area contributed by atoms with Gasteiger partial charge < -0.3 is 5.11 Å². The zero-order chi connectivity index (χ0) is 15.3. The summed E-state index contributed by atoms with van der Waals surface area (Å²) >= 11 is 1.52. The number of carboxylic acid groups (broad SMARTS) is 1. The van der Waals surface area contributed by atoms with Gasteiger partial charge in [0.25, 0.3) is 0 Å². The predicted octanol–water partition coefficient (Wildman–Crippen LogP) is 3.76. The van der Waals surface area contributed by atoms with E-state index >= 15 is 0 Å². The molecule has 2 aliphatic rings. The third-order valence-corrected chi connectivity index (χ3v) is 5.54. The van der Waals surface area contributed by atoms with Crippen LogP contribution in [-0.2, 0) is 19.3 Å². The fourth-order valence-electron chi connectivity index (χ4n) is 3.22. The predicted molar refractivity (Wildman–Crippen MR) is 84.0 cm³/mol. The molecule has 1 heterocycles. The molecule has 22 heavy (non-hydrogen) atoms. The van der Waals surface area contributed by atoms with Crippen LogP contribution in [0.15, 0.2) is 40.1 Å². The Labute approximate surface area is 132 Å². The number of aromatic carboxylic acids is 1. The Hall–Kier alpha value is -2.07. The second-order valence-corrected chi connectivity index (χ2v) is 6.88. The number of ketones is 1. The van der Waals surface area contributed by atoms with E-state index in [1.807, 2.05) is 0 Å². The molecule has 0 bridgehead atoms. The number of carboxylic acids is 1. The minimum absolute atomic E-state index is 0.124. The second kappa shape index (κ2) is 4.99. The van der Waals surface area contributed by atoms with Crippen molar-refractivity contribution in [1.29, 1.82) is 0 Å². The standard InChI is InChI=1S/C18H14O3S/c19-15-7-12-4-5-13(18(20)21)9-16(12)22-17-8-11-3-1-2-10(11)6-14(15)17/h4-6,8-9H,1-3,7H2,(H,20,21). The Morgan fingerprint density at radius 1 is 1.00 bits per heavy atom. The molecule has 3 nitrogen and oxygen atoms in total. The van der Waals surface area contributed by atoms with Crippen LogP contribution in [0.3, 0.4) is 0 Å². The van der Waals surface area contributed by atoms with Gasteiger partial charge in [-0.2, -0.15) is 0 Å². The van der Waals surface area contributed by atoms with Crippen molar-refractivity contribution in [2.45, 2.75) is 35.5 Å². The van der Waals surface area contributed by atoms with E-state index in [9.17, 15) is 9.59 Å². The first kappa shape index (κ1) is 13.6. The van der Waals surface area contributed by atoms with Crippen molar-refractivity contribution in [3.05, 3.63) is 58.1 Å². The van der Waals surface area contributed by atoms with Crippen LogP contribution in [0.5, 0.6) is 0 Å². The van der Waals surface area contributed by atoms with Crippen LogP contribution in [0, 0.1) is 0 Å². The molecule has 0 saturated carbocycles. The highest BCUT2D eigenvalue weighted by atomic mass is 32.2. The lowest BCUT2D eigenvalue weighted by atomic mass is 9.99. The molecule has 0 radical (unpaired) electrons. The lowest BCUT2D eigenvalue weighted by molar-refractivity contribution is 0.0696. The molecule has 0 aromatic heterocycles. The van der Waals surface area contributed by atoms with Gasteiger partial charge in [-0.25, -0.2) is 4.79 Å². The number of benzene rings is 2. The van der Waals surface area contributed by atoms with Crippen molar-refractivity contribution < 1.29 is 14.7 Å². The fourth-order valence-corrected chi connectivity index (χ4v) is 4.40. The van der Waals surface area contributed by atoms with Crippen molar-refractivity contribution in [2.75, 3.05) is 0 Å². The number of fused-ring (bicyclic) bond motifs is 3. The van der Waals surface area contributed by atoms with Gasteiger partial charge in [-0.15, -0.1) is 0 Å². The molecule has 2 aromatic carbocycles. The minimum Gasteiger partial charge on any atom is -0.478 e. The number of Topliss-reactive ketones (excluding diaryl/α,β-unsaturated/α-hetero) is 1. The van der Waals surface area contributed by atoms with Crippen LogP contribution in [0.4, 0.5) is 0 Å². The molecule has 0 spiro atoms. The first-order valence-corrected chi connectivity index (χ1v) is 8.16. The maximum atomic E-state index is 12.6. The number of aryl methyl sites for hydroxylation is 2. The summed E-state index contributed by atoms with van der Waals surface area (Å²) < 4.78 is 0. The Balaban J connectivity index is 1.85. The van der Waals surface area contributed by atoms with Crippen LogP contribution in [0.25, 0.3) is 0 Å². The summed E-state index contributed by atoms with van der Waals surface area (Å²) in [5.41, 5.74) is 4.60. The van der Waals surface area contributed by atoms with Crippen LogP contribution >= 0.6 is 11.8 Å². The Morgan fingerprint density at radius 2 is 1.77 bits per heavy atom. The van der Waals surface area contributed by atoms with Gasteiger partial charge in [0.1, 0.15) is 0 Å². The smallest absolute Gasteiger partial charge is 0.335 e. The van der Waals surface area contributed by atoms with E-state index in [2.05, 4.69) is 12.1 Å². The number of hydrogen-bond donors (Lipinski definition) is 1. The summed E-state index contributed by atoms with van der Waals surface area (Å²) in [4.78, 5) is 25.6. The quantitative estimate of drug-likeness (QED) is 0.871. The molecular formula is C18H14O3S. The fraction of sp³-hybridized carbons (Fsp3) is 0.222. The van der Waals surface area contributed by atoms with Crippen LogP contribution < -0.4 is 0 Å². The average Bonchev–Trinajstić information content (AvgIpc) is 2.89. The molecule has 0 atom stereocenters. The van der Waals surface area contributed by atoms with Gasteiger partial charge in [0, 0.05) is 21.8 Å². The van der Waals surface area contributed by atoms with Gasteiger partial charge >= 0.3 is 5.97 Å². The van der Waals surface area contributed by atoms with Gasteiger partial charge in [0.05, 0.1) is 5.56 Å². The summed E-state index contributed by atoms with van der Waals surface area (Å²) in [5.74, 6) is -0.813. The van der Waals surface area contributed by atoms with E-state index in [0.29, 0.717) is 6.42 Å². The normalized spacial score (nSPS) is 15.7. The van der Waals surface area contributed by atoms with E-state index in [-0.39, 0.29) is 11.3 Å². The molecule has 0 amide bonds. The monoisotopic (exact) mass is 310 g/mol. The maximum absolute atomic E-state index is 12.6. The van der Waals surface area contributed by atoms with Crippen LogP contribution in [-0.4, -0.2) is 16.9 Å². The molecule has 1 N–H and O–H groups in total. The largest absolute Gasteiger partial charge is 0.478 e. The van der Waals surface area contributed by atoms with Gasteiger partial charge in [0.15, 0.2) is 5.78 Å². The summed E-state index contributed by atoms with van der Waals surface area (Å²) in [7, 11) is 0. The molecular weight excluding hydrogens is 296 g/mol. The molecule has 0 saturated heterocycles. The topological polar surface area (TPSA) is 54.4 Å². The van der Waals surface area contributed by atoms with Crippen molar-refractivity contribution in [3.63, 3.8) is 0 Å². The molecule has 110 valence electrons. The van der Waals surface area contributed by atoms with Crippen molar-refractivity contribution in [3.8, 4) is 0 Å². The molecule has 0 fully saturated rings. The SMILES string of the molecule is O=C(O)c1ccc2c(c1)Sc1cc3c(cc1C(=O)C2)CCC3. The van der Waals surface area contributed by atoms with Gasteiger partial charge in [-0.1, -0.05) is 17.8 Å². The van der Waals surface area contributed by atoms with Crippen molar-refractivity contribution >= 4 is 23.5 Å². The van der Waals surface area contributed by atoms with Crippen LogP contribution in [0.2, 0.25) is 0 Å². The van der Waals surface area contributed by atoms with Gasteiger partial charge in [-0.3, -0.25) is 4.79 Å². The van der Waals surface area contributed by atoms with E-state index < -0.39 is 5.97 Å². The minimum atomic E-state index is -0.937. The van der Waals surface area contributed by atoms with E-state index in [0.717, 1.165) is 40.2 Å². The van der Waals surface area contributed by atoms with Gasteiger partial charge in [-0.05, 0) is 60.2 Å². The summed E-state index contributed by atoms with van der Waals surface area (Å²) in [6, 6.07) is 9.20. The number of rotatable bonds is 1. The molecule has 0 unspecified atom stereocenters. The third-order valence-electron chi connectivity index (χ3n) is 4.38. The Morgan fingerprint density at radius 3 is 2.55 bits per heavy atom. The average molecular weight is 310 g/mol. The lowest BCUT2D eigenvalue weighted by Gasteiger charge is -2.08. The first-order chi connectivity index (χ1) is 10.6. The molecule has 4 rings (SSSR count). The number of carbonyl (C=O) groups excluding carboxylic acids is 1. The van der Waals surface area contributed by atoms with E-state index in [1.165, 1.54) is 22.9 Å². The zero-order valence-electron chi connectivity index (χ0n) is 11.9. The summed E-state index contributed by atoms with van der Waals surface area (Å²) in [6.45, 7) is 0. The van der Waals surface area contributed by atoms with Gasteiger partial charge in [0.2, 0.25) is 0 Å². The third kappa shape index (κ3) is 2.15. The van der Waals surface area contributed by atoms with E-state index in [4.69, 9.17) is 5.11 Å². The molecule has 4 heteroatoms. The molecule has 2 aromatic rings. The van der Waals surface area contributed by atoms with E-state index in [1.54, 1.807) is 18.2 Å². The van der Waals surface area contributed by atoms with Crippen molar-refractivity contribution in [2.24, 2.45) is 0 Å². The summed E-state index contributed by atoms with van der Waals surface area (Å²) in [6.07, 6.45) is 3.61.